The van der Waals surface area contributed by atoms with Gasteiger partial charge in [-0.2, -0.15) is 0 Å². The molecule has 0 saturated heterocycles. The lowest BCUT2D eigenvalue weighted by Gasteiger charge is -2.17. The van der Waals surface area contributed by atoms with Crippen LogP contribution in [-0.2, 0) is 9.47 Å². The molecule has 2 nitrogen and oxygen atoms in total. The molecule has 0 N–H and O–H groups in total. The van der Waals surface area contributed by atoms with E-state index in [0.717, 1.165) is 26.1 Å². The average Bonchev–Trinajstić information content (AvgIpc) is 2.46. The quantitative estimate of drug-likeness (QED) is 0.253. The summed E-state index contributed by atoms with van der Waals surface area (Å²) in [5.41, 5.74) is 2.83. The Morgan fingerprint density at radius 3 is 1.38 bits per heavy atom. The summed E-state index contributed by atoms with van der Waals surface area (Å²) in [6, 6.07) is 0. The molecule has 0 heterocycles. The molecule has 0 aliphatic carbocycles. The lowest BCUT2D eigenvalue weighted by molar-refractivity contribution is -0.134. The normalized spacial score (nSPS) is 14.8. The summed E-state index contributed by atoms with van der Waals surface area (Å²) in [6.07, 6.45) is 11.6. The van der Waals surface area contributed by atoms with Crippen LogP contribution >= 0.6 is 0 Å². The van der Waals surface area contributed by atoms with Crippen LogP contribution in [0.4, 0.5) is 0 Å². The van der Waals surface area contributed by atoms with Crippen molar-refractivity contribution in [2.75, 3.05) is 13.2 Å². The zero-order valence-electron chi connectivity index (χ0n) is 17.4. The van der Waals surface area contributed by atoms with E-state index in [9.17, 15) is 0 Å². The highest BCUT2D eigenvalue weighted by Gasteiger charge is 2.07. The van der Waals surface area contributed by atoms with Crippen molar-refractivity contribution >= 4 is 0 Å². The van der Waals surface area contributed by atoms with Gasteiger partial charge in [0.1, 0.15) is 0 Å². The van der Waals surface area contributed by atoms with E-state index in [2.05, 4.69) is 53.7 Å². The molecule has 24 heavy (non-hydrogen) atoms. The summed E-state index contributed by atoms with van der Waals surface area (Å²) >= 11 is 0. The van der Waals surface area contributed by atoms with Crippen LogP contribution in [0.3, 0.4) is 0 Å². The predicted molar refractivity (Wildman–Crippen MR) is 106 cm³/mol. The van der Waals surface area contributed by atoms with E-state index in [0.29, 0.717) is 11.8 Å². The van der Waals surface area contributed by atoms with Crippen molar-refractivity contribution in [3.63, 3.8) is 0 Å². The Kier molecular flexibility index (Phi) is 14.4. The Morgan fingerprint density at radius 1 is 0.667 bits per heavy atom. The molecule has 0 amide bonds. The standard InChI is InChI=1S/C22H42O2/c1-18(2)10-8-12-20(5)14-16-23-22(7)24-17-15-21(6)13-9-11-19(3)4/h10-11,20-22H,8-9,12-17H2,1-7H3. The number of rotatable bonds is 14. The molecule has 0 aromatic rings. The fourth-order valence-corrected chi connectivity index (χ4v) is 2.52. The van der Waals surface area contributed by atoms with Gasteiger partial charge in [-0.15, -0.1) is 0 Å². The highest BCUT2D eigenvalue weighted by atomic mass is 16.7. The average molecular weight is 339 g/mol. The molecule has 0 aliphatic heterocycles. The maximum absolute atomic E-state index is 5.79. The zero-order valence-corrected chi connectivity index (χ0v) is 17.4. The van der Waals surface area contributed by atoms with Gasteiger partial charge in [0.25, 0.3) is 0 Å². The molecule has 0 aliphatic rings. The van der Waals surface area contributed by atoms with E-state index in [1.807, 2.05) is 6.92 Å². The van der Waals surface area contributed by atoms with Gasteiger partial charge in [0.2, 0.25) is 0 Å². The topological polar surface area (TPSA) is 18.5 Å². The third-order valence-corrected chi connectivity index (χ3v) is 4.35. The van der Waals surface area contributed by atoms with Gasteiger partial charge >= 0.3 is 0 Å². The first-order valence-electron chi connectivity index (χ1n) is 9.81. The number of hydrogen-bond acceptors (Lipinski definition) is 2. The summed E-state index contributed by atoms with van der Waals surface area (Å²) in [4.78, 5) is 0. The Bertz CT molecular complexity index is 315. The van der Waals surface area contributed by atoms with Gasteiger partial charge in [-0.3, -0.25) is 0 Å². The molecule has 0 bridgehead atoms. The molecule has 0 radical (unpaired) electrons. The van der Waals surface area contributed by atoms with Crippen LogP contribution in [0.1, 0.15) is 87.0 Å². The number of hydrogen-bond donors (Lipinski definition) is 0. The van der Waals surface area contributed by atoms with Crippen molar-refractivity contribution in [3.05, 3.63) is 23.3 Å². The van der Waals surface area contributed by atoms with E-state index >= 15 is 0 Å². The minimum atomic E-state index is -0.0834. The van der Waals surface area contributed by atoms with Gasteiger partial charge in [-0.05, 0) is 85.0 Å². The largest absolute Gasteiger partial charge is 0.353 e. The maximum atomic E-state index is 5.79. The van der Waals surface area contributed by atoms with Crippen molar-refractivity contribution in [2.24, 2.45) is 11.8 Å². The second-order valence-corrected chi connectivity index (χ2v) is 7.81. The van der Waals surface area contributed by atoms with Gasteiger partial charge in [0.05, 0.1) is 0 Å². The Hall–Kier alpha value is -0.600. The number of ether oxygens (including phenoxy) is 2. The van der Waals surface area contributed by atoms with E-state index in [1.165, 1.54) is 36.8 Å². The lowest BCUT2D eigenvalue weighted by Crippen LogP contribution is -2.16. The molecule has 0 aromatic heterocycles. The van der Waals surface area contributed by atoms with Crippen LogP contribution in [0, 0.1) is 11.8 Å². The fraction of sp³-hybridized carbons (Fsp3) is 0.818. The van der Waals surface area contributed by atoms with Gasteiger partial charge < -0.3 is 9.47 Å². The number of allylic oxidation sites excluding steroid dienone is 4. The summed E-state index contributed by atoms with van der Waals surface area (Å²) in [5, 5.41) is 0. The van der Waals surface area contributed by atoms with Crippen LogP contribution < -0.4 is 0 Å². The molecule has 2 unspecified atom stereocenters. The summed E-state index contributed by atoms with van der Waals surface area (Å²) in [7, 11) is 0. The Morgan fingerprint density at radius 2 is 1.04 bits per heavy atom. The maximum Gasteiger partial charge on any atom is 0.154 e. The minimum absolute atomic E-state index is 0.0834. The van der Waals surface area contributed by atoms with Crippen LogP contribution in [-0.4, -0.2) is 19.5 Å². The van der Waals surface area contributed by atoms with Crippen LogP contribution in [0.25, 0.3) is 0 Å². The molecule has 0 fully saturated rings. The van der Waals surface area contributed by atoms with Gasteiger partial charge in [0.15, 0.2) is 6.29 Å². The molecule has 2 atom stereocenters. The van der Waals surface area contributed by atoms with Crippen molar-refractivity contribution < 1.29 is 9.47 Å². The summed E-state index contributed by atoms with van der Waals surface area (Å²) in [5.74, 6) is 1.42. The first kappa shape index (κ1) is 23.4. The highest BCUT2D eigenvalue weighted by Crippen LogP contribution is 2.14. The molecule has 0 spiro atoms. The molecule has 0 aromatic carbocycles. The monoisotopic (exact) mass is 338 g/mol. The minimum Gasteiger partial charge on any atom is -0.353 e. The first-order chi connectivity index (χ1) is 11.3. The Labute approximate surface area is 151 Å². The van der Waals surface area contributed by atoms with Crippen molar-refractivity contribution in [2.45, 2.75) is 93.3 Å². The highest BCUT2D eigenvalue weighted by molar-refractivity contribution is 4.93. The van der Waals surface area contributed by atoms with Gasteiger partial charge in [-0.25, -0.2) is 0 Å². The van der Waals surface area contributed by atoms with Crippen LogP contribution in [0.5, 0.6) is 0 Å². The fourth-order valence-electron chi connectivity index (χ4n) is 2.52. The summed E-state index contributed by atoms with van der Waals surface area (Å²) < 4.78 is 11.6. The van der Waals surface area contributed by atoms with Crippen LogP contribution in [0.15, 0.2) is 23.3 Å². The molecule has 2 heteroatoms. The third-order valence-electron chi connectivity index (χ3n) is 4.35. The molecular formula is C22H42O2. The SMILES string of the molecule is CC(C)=CCCC(C)CCOC(C)OCCC(C)CCC=C(C)C. The van der Waals surface area contributed by atoms with E-state index in [1.54, 1.807) is 0 Å². The van der Waals surface area contributed by atoms with E-state index in [-0.39, 0.29) is 6.29 Å². The second kappa shape index (κ2) is 14.7. The van der Waals surface area contributed by atoms with Crippen molar-refractivity contribution in [1.29, 1.82) is 0 Å². The molecule has 142 valence electrons. The van der Waals surface area contributed by atoms with Gasteiger partial charge in [0, 0.05) is 13.2 Å². The summed E-state index contributed by atoms with van der Waals surface area (Å²) in [6.45, 7) is 16.9. The first-order valence-corrected chi connectivity index (χ1v) is 9.81. The molecule has 0 saturated carbocycles. The lowest BCUT2D eigenvalue weighted by atomic mass is 10.0. The van der Waals surface area contributed by atoms with Gasteiger partial charge in [-0.1, -0.05) is 37.1 Å². The molecular weight excluding hydrogens is 296 g/mol. The third kappa shape index (κ3) is 16.3. The van der Waals surface area contributed by atoms with Crippen molar-refractivity contribution in [3.8, 4) is 0 Å². The Balaban J connectivity index is 3.60. The van der Waals surface area contributed by atoms with E-state index in [4.69, 9.17) is 9.47 Å². The second-order valence-electron chi connectivity index (χ2n) is 7.81. The predicted octanol–water partition coefficient (Wildman–Crippen LogP) is 6.91. The molecule has 0 rings (SSSR count). The van der Waals surface area contributed by atoms with Crippen LogP contribution in [0.2, 0.25) is 0 Å². The smallest absolute Gasteiger partial charge is 0.154 e. The van der Waals surface area contributed by atoms with Crippen molar-refractivity contribution in [1.82, 2.24) is 0 Å². The van der Waals surface area contributed by atoms with E-state index < -0.39 is 0 Å². The zero-order chi connectivity index (χ0) is 18.4.